The summed E-state index contributed by atoms with van der Waals surface area (Å²) in [7, 11) is 2.02. The highest BCUT2D eigenvalue weighted by atomic mass is 16.3. The van der Waals surface area contributed by atoms with Crippen LogP contribution in [0.1, 0.15) is 79.1 Å². The standard InChI is InChI=1S/C20H35N3O2.C4H10O/c1-5-15(11-21-4)17-8-9-18-19(10-17)22(20(25)16-6-7-16)12-13(2)23(18)14(3)24;1-2-3-4-5/h13,15-19,21H,5-12H2,1-4H3;5H,2-4H2,1H3. The van der Waals surface area contributed by atoms with E-state index in [1.165, 1.54) is 12.8 Å². The lowest BCUT2D eigenvalue weighted by molar-refractivity contribution is -0.155. The third-order valence-electron chi connectivity index (χ3n) is 7.26. The van der Waals surface area contributed by atoms with Gasteiger partial charge in [0.05, 0.1) is 12.1 Å². The van der Waals surface area contributed by atoms with E-state index in [0.717, 1.165) is 45.1 Å². The number of carbonyl (C=O) groups excluding carboxylic acids is 2. The van der Waals surface area contributed by atoms with Crippen LogP contribution in [0, 0.1) is 17.8 Å². The fourth-order valence-corrected chi connectivity index (χ4v) is 5.51. The number of hydrogen-bond donors (Lipinski definition) is 2. The molecule has 1 heterocycles. The average molecular weight is 424 g/mol. The van der Waals surface area contributed by atoms with Gasteiger partial charge in [0.1, 0.15) is 0 Å². The largest absolute Gasteiger partial charge is 0.396 e. The van der Waals surface area contributed by atoms with Gasteiger partial charge in [0.15, 0.2) is 0 Å². The first-order valence-corrected chi connectivity index (χ1v) is 12.2. The van der Waals surface area contributed by atoms with Gasteiger partial charge in [0.25, 0.3) is 0 Å². The molecule has 6 nitrogen and oxygen atoms in total. The summed E-state index contributed by atoms with van der Waals surface area (Å²) in [6, 6.07) is 0.572. The summed E-state index contributed by atoms with van der Waals surface area (Å²) < 4.78 is 0. The number of amides is 2. The lowest BCUT2D eigenvalue weighted by Gasteiger charge is -2.54. The fourth-order valence-electron chi connectivity index (χ4n) is 5.51. The van der Waals surface area contributed by atoms with Gasteiger partial charge < -0.3 is 20.2 Å². The minimum atomic E-state index is 0.136. The molecule has 2 saturated carbocycles. The van der Waals surface area contributed by atoms with Crippen LogP contribution in [-0.2, 0) is 9.59 Å². The van der Waals surface area contributed by atoms with Gasteiger partial charge in [0, 0.05) is 32.0 Å². The second-order valence-corrected chi connectivity index (χ2v) is 9.55. The molecular weight excluding hydrogens is 378 g/mol. The second-order valence-electron chi connectivity index (χ2n) is 9.55. The summed E-state index contributed by atoms with van der Waals surface area (Å²) in [5.74, 6) is 2.09. The number of fused-ring (bicyclic) bond motifs is 1. The van der Waals surface area contributed by atoms with Crippen molar-refractivity contribution in [2.75, 3.05) is 26.7 Å². The second kappa shape index (κ2) is 12.0. The molecule has 0 bridgehead atoms. The smallest absolute Gasteiger partial charge is 0.226 e. The number of nitrogens with zero attached hydrogens (tertiary/aromatic N) is 2. The van der Waals surface area contributed by atoms with Crippen LogP contribution >= 0.6 is 0 Å². The van der Waals surface area contributed by atoms with Crippen LogP contribution < -0.4 is 5.32 Å². The van der Waals surface area contributed by atoms with Gasteiger partial charge in [-0.05, 0) is 70.9 Å². The minimum absolute atomic E-state index is 0.136. The zero-order chi connectivity index (χ0) is 22.3. The number of unbranched alkanes of at least 4 members (excludes halogenated alkanes) is 1. The molecule has 0 radical (unpaired) electrons. The van der Waals surface area contributed by atoms with E-state index in [4.69, 9.17) is 5.11 Å². The molecule has 3 fully saturated rings. The van der Waals surface area contributed by atoms with Crippen LogP contribution in [-0.4, -0.2) is 71.6 Å². The van der Waals surface area contributed by atoms with Crippen molar-refractivity contribution in [3.8, 4) is 0 Å². The topological polar surface area (TPSA) is 72.9 Å². The molecule has 6 heteroatoms. The van der Waals surface area contributed by atoms with E-state index in [2.05, 4.69) is 35.9 Å². The lowest BCUT2D eigenvalue weighted by atomic mass is 9.72. The van der Waals surface area contributed by atoms with E-state index < -0.39 is 0 Å². The number of rotatable bonds is 7. The Kier molecular flexibility index (Phi) is 10.1. The highest BCUT2D eigenvalue weighted by Gasteiger charge is 2.49. The predicted octanol–water partition coefficient (Wildman–Crippen LogP) is 3.04. The number of hydrogen-bond acceptors (Lipinski definition) is 4. The molecular formula is C24H45N3O3. The average Bonchev–Trinajstić information content (AvgIpc) is 3.56. The zero-order valence-electron chi connectivity index (χ0n) is 19.9. The zero-order valence-corrected chi connectivity index (χ0v) is 19.9. The molecule has 2 amide bonds. The van der Waals surface area contributed by atoms with Crippen molar-refractivity contribution in [2.24, 2.45) is 17.8 Å². The van der Waals surface area contributed by atoms with Gasteiger partial charge in [-0.1, -0.05) is 26.7 Å². The Morgan fingerprint density at radius 2 is 1.83 bits per heavy atom. The van der Waals surface area contributed by atoms with Crippen molar-refractivity contribution < 1.29 is 14.7 Å². The van der Waals surface area contributed by atoms with Crippen molar-refractivity contribution in [1.82, 2.24) is 15.1 Å². The maximum atomic E-state index is 12.9. The first-order chi connectivity index (χ1) is 14.4. The molecule has 3 rings (SSSR count). The highest BCUT2D eigenvalue weighted by Crippen LogP contribution is 2.41. The van der Waals surface area contributed by atoms with Crippen LogP contribution in [0.5, 0.6) is 0 Å². The Bertz CT molecular complexity index is 550. The number of aliphatic hydroxyl groups is 1. The molecule has 0 spiro atoms. The molecule has 3 aliphatic rings. The number of carbonyl (C=O) groups is 2. The summed E-state index contributed by atoms with van der Waals surface area (Å²) in [4.78, 5) is 29.4. The Labute approximate surface area is 183 Å². The van der Waals surface area contributed by atoms with E-state index in [-0.39, 0.29) is 30.0 Å². The highest BCUT2D eigenvalue weighted by molar-refractivity contribution is 5.82. The Hall–Kier alpha value is -1.14. The van der Waals surface area contributed by atoms with Gasteiger partial charge in [-0.25, -0.2) is 0 Å². The molecule has 0 aromatic rings. The van der Waals surface area contributed by atoms with E-state index in [1.807, 2.05) is 7.05 Å². The molecule has 0 aromatic heterocycles. The van der Waals surface area contributed by atoms with Gasteiger partial charge in [-0.2, -0.15) is 0 Å². The quantitative estimate of drug-likeness (QED) is 0.660. The molecule has 5 atom stereocenters. The van der Waals surface area contributed by atoms with Crippen LogP contribution in [0.15, 0.2) is 0 Å². The molecule has 1 aliphatic heterocycles. The molecule has 2 aliphatic carbocycles. The van der Waals surface area contributed by atoms with E-state index in [9.17, 15) is 9.59 Å². The lowest BCUT2D eigenvalue weighted by Crippen LogP contribution is -2.67. The van der Waals surface area contributed by atoms with Crippen molar-refractivity contribution >= 4 is 11.8 Å². The van der Waals surface area contributed by atoms with Crippen molar-refractivity contribution in [3.63, 3.8) is 0 Å². The van der Waals surface area contributed by atoms with Gasteiger partial charge in [-0.15, -0.1) is 0 Å². The molecule has 1 saturated heterocycles. The van der Waals surface area contributed by atoms with Crippen LogP contribution in [0.2, 0.25) is 0 Å². The first-order valence-electron chi connectivity index (χ1n) is 12.2. The molecule has 174 valence electrons. The summed E-state index contributed by atoms with van der Waals surface area (Å²) in [6.07, 6.45) is 8.58. The summed E-state index contributed by atoms with van der Waals surface area (Å²) in [5.41, 5.74) is 0. The number of nitrogens with one attached hydrogen (secondary N) is 1. The molecule has 5 unspecified atom stereocenters. The molecule has 30 heavy (non-hydrogen) atoms. The number of aliphatic hydroxyl groups excluding tert-OH is 1. The van der Waals surface area contributed by atoms with Crippen LogP contribution in [0.4, 0.5) is 0 Å². The Morgan fingerprint density at radius 1 is 1.13 bits per heavy atom. The normalized spacial score (nSPS) is 29.5. The van der Waals surface area contributed by atoms with Crippen molar-refractivity contribution in [3.05, 3.63) is 0 Å². The third kappa shape index (κ3) is 6.19. The Balaban J connectivity index is 0.000000575. The third-order valence-corrected chi connectivity index (χ3v) is 7.26. The fraction of sp³-hybridized carbons (Fsp3) is 0.917. The Morgan fingerprint density at radius 3 is 2.30 bits per heavy atom. The number of piperazine rings is 1. The van der Waals surface area contributed by atoms with Crippen molar-refractivity contribution in [2.45, 2.75) is 97.2 Å². The first kappa shape index (κ1) is 25.1. The van der Waals surface area contributed by atoms with E-state index >= 15 is 0 Å². The van der Waals surface area contributed by atoms with Gasteiger partial charge in [-0.3, -0.25) is 9.59 Å². The van der Waals surface area contributed by atoms with Crippen molar-refractivity contribution in [1.29, 1.82) is 0 Å². The summed E-state index contributed by atoms with van der Waals surface area (Å²) >= 11 is 0. The summed E-state index contributed by atoms with van der Waals surface area (Å²) in [5, 5.41) is 11.4. The van der Waals surface area contributed by atoms with E-state index in [0.29, 0.717) is 30.9 Å². The molecule has 0 aromatic carbocycles. The SMILES string of the molecule is CCC(CNC)C1CCC2C(C1)N(C(=O)C1CC1)CC(C)N2C(C)=O.CCCCO. The van der Waals surface area contributed by atoms with Gasteiger partial charge in [0.2, 0.25) is 11.8 Å². The van der Waals surface area contributed by atoms with Crippen LogP contribution in [0.25, 0.3) is 0 Å². The predicted molar refractivity (Wildman–Crippen MR) is 121 cm³/mol. The molecule has 2 N–H and O–H groups in total. The minimum Gasteiger partial charge on any atom is -0.396 e. The van der Waals surface area contributed by atoms with E-state index in [1.54, 1.807) is 6.92 Å². The van der Waals surface area contributed by atoms with Crippen LogP contribution in [0.3, 0.4) is 0 Å². The summed E-state index contributed by atoms with van der Waals surface area (Å²) in [6.45, 7) is 10.2. The maximum Gasteiger partial charge on any atom is 0.226 e. The monoisotopic (exact) mass is 423 g/mol. The van der Waals surface area contributed by atoms with Gasteiger partial charge >= 0.3 is 0 Å². The maximum absolute atomic E-state index is 12.9.